The van der Waals surface area contributed by atoms with Crippen LogP contribution in [0.4, 0.5) is 0 Å². The molecule has 0 unspecified atom stereocenters. The molecule has 1 saturated heterocycles. The fraction of sp³-hybridized carbons (Fsp3) is 0.333. The highest BCUT2D eigenvalue weighted by Gasteiger charge is 2.48. The normalized spacial score (nSPS) is 21.8. The molecule has 2 amide bonds. The van der Waals surface area contributed by atoms with E-state index in [9.17, 15) is 18.0 Å². The quantitative estimate of drug-likeness (QED) is 0.569. The summed E-state index contributed by atoms with van der Waals surface area (Å²) in [4.78, 5) is 23.5. The molecular weight excluding hydrogens is 300 g/mol. The van der Waals surface area contributed by atoms with Crippen LogP contribution in [0.5, 0.6) is 0 Å². The van der Waals surface area contributed by atoms with Gasteiger partial charge in [-0.25, -0.2) is 0 Å². The standard InChI is InChI=1S/C12H14N2O6S/c1-8-11(12(16)14(8)20-21(17,18)19)13-10(15)7-9-5-3-2-4-6-9/h2-6,8,11H,7H2,1H3,(H,13,15)(H,17,18,19)/t8-,11-/m0/s1. The largest absolute Gasteiger partial charge is 0.418 e. The molecule has 0 aromatic heterocycles. The number of hydrogen-bond acceptors (Lipinski definition) is 5. The van der Waals surface area contributed by atoms with E-state index in [4.69, 9.17) is 4.55 Å². The van der Waals surface area contributed by atoms with E-state index < -0.39 is 28.4 Å². The minimum atomic E-state index is -4.76. The van der Waals surface area contributed by atoms with E-state index in [0.29, 0.717) is 5.06 Å². The zero-order valence-electron chi connectivity index (χ0n) is 11.1. The summed E-state index contributed by atoms with van der Waals surface area (Å²) in [7, 11) is -4.76. The van der Waals surface area contributed by atoms with Crippen LogP contribution in [0, 0.1) is 0 Å². The predicted octanol–water partition coefficient (Wildman–Crippen LogP) is -0.321. The van der Waals surface area contributed by atoms with Gasteiger partial charge in [0.1, 0.15) is 6.04 Å². The van der Waals surface area contributed by atoms with Crippen LogP contribution in [-0.2, 0) is 30.7 Å². The second kappa shape index (κ2) is 5.80. The number of hydroxylamine groups is 2. The molecule has 8 nitrogen and oxygen atoms in total. The van der Waals surface area contributed by atoms with Gasteiger partial charge < -0.3 is 5.32 Å². The highest BCUT2D eigenvalue weighted by Crippen LogP contribution is 2.21. The van der Waals surface area contributed by atoms with Crippen molar-refractivity contribution in [2.75, 3.05) is 0 Å². The third kappa shape index (κ3) is 3.78. The molecule has 2 rings (SSSR count). The van der Waals surface area contributed by atoms with Crippen LogP contribution in [-0.4, -0.2) is 41.9 Å². The van der Waals surface area contributed by atoms with Gasteiger partial charge >= 0.3 is 10.4 Å². The van der Waals surface area contributed by atoms with E-state index in [-0.39, 0.29) is 12.3 Å². The fourth-order valence-electron chi connectivity index (χ4n) is 1.99. The van der Waals surface area contributed by atoms with Crippen molar-refractivity contribution in [2.24, 2.45) is 0 Å². The van der Waals surface area contributed by atoms with Gasteiger partial charge in [-0.3, -0.25) is 14.1 Å². The SMILES string of the molecule is C[C@H]1[C@H](NC(=O)Cc2ccccc2)C(=O)N1OS(=O)(=O)O. The van der Waals surface area contributed by atoms with Gasteiger partial charge in [0, 0.05) is 0 Å². The van der Waals surface area contributed by atoms with Gasteiger partial charge in [-0.15, -0.1) is 4.28 Å². The van der Waals surface area contributed by atoms with Crippen LogP contribution in [0.2, 0.25) is 0 Å². The molecule has 0 radical (unpaired) electrons. The summed E-state index contributed by atoms with van der Waals surface area (Å²) in [5.74, 6) is -1.10. The molecule has 0 aliphatic carbocycles. The Morgan fingerprint density at radius 2 is 2.00 bits per heavy atom. The lowest BCUT2D eigenvalue weighted by Crippen LogP contribution is -2.69. The van der Waals surface area contributed by atoms with Crippen LogP contribution in [0.3, 0.4) is 0 Å². The third-order valence-corrected chi connectivity index (χ3v) is 3.38. The highest BCUT2D eigenvalue weighted by atomic mass is 32.3. The molecule has 21 heavy (non-hydrogen) atoms. The number of carbonyl (C=O) groups excluding carboxylic acids is 2. The Morgan fingerprint density at radius 1 is 1.38 bits per heavy atom. The number of β-lactam (4-membered cyclic amide) rings is 1. The number of carbonyl (C=O) groups is 2. The van der Waals surface area contributed by atoms with E-state index in [2.05, 4.69) is 9.60 Å². The summed E-state index contributed by atoms with van der Waals surface area (Å²) in [6.07, 6.45) is 0.108. The van der Waals surface area contributed by atoms with E-state index in [1.807, 2.05) is 6.07 Å². The summed E-state index contributed by atoms with van der Waals surface area (Å²) < 4.78 is 33.7. The van der Waals surface area contributed by atoms with E-state index in [0.717, 1.165) is 5.56 Å². The fourth-order valence-corrected chi connectivity index (χ4v) is 2.40. The summed E-state index contributed by atoms with van der Waals surface area (Å²) in [5, 5.41) is 3.00. The van der Waals surface area contributed by atoms with Crippen molar-refractivity contribution in [3.8, 4) is 0 Å². The summed E-state index contributed by atoms with van der Waals surface area (Å²) >= 11 is 0. The first-order chi connectivity index (χ1) is 9.78. The van der Waals surface area contributed by atoms with Crippen molar-refractivity contribution in [3.05, 3.63) is 35.9 Å². The van der Waals surface area contributed by atoms with Gasteiger partial charge in [0.05, 0.1) is 12.5 Å². The van der Waals surface area contributed by atoms with Crippen LogP contribution >= 0.6 is 0 Å². The minimum absolute atomic E-state index is 0.108. The number of hydrogen-bond donors (Lipinski definition) is 2. The molecule has 9 heteroatoms. The molecule has 0 saturated carbocycles. The van der Waals surface area contributed by atoms with Crippen molar-refractivity contribution in [1.29, 1.82) is 0 Å². The molecule has 1 fully saturated rings. The average Bonchev–Trinajstić information content (AvgIpc) is 2.42. The van der Waals surface area contributed by atoms with Crippen molar-refractivity contribution in [3.63, 3.8) is 0 Å². The Morgan fingerprint density at radius 3 is 2.52 bits per heavy atom. The average molecular weight is 314 g/mol. The molecule has 1 aliphatic heterocycles. The van der Waals surface area contributed by atoms with Crippen molar-refractivity contribution >= 4 is 22.2 Å². The summed E-state index contributed by atoms with van der Waals surface area (Å²) in [6, 6.07) is 7.40. The Bertz CT molecular complexity index is 645. The van der Waals surface area contributed by atoms with Crippen LogP contribution in [0.15, 0.2) is 30.3 Å². The predicted molar refractivity (Wildman–Crippen MR) is 71.0 cm³/mol. The van der Waals surface area contributed by atoms with Crippen molar-refractivity contribution in [2.45, 2.75) is 25.4 Å². The maximum atomic E-state index is 11.8. The summed E-state index contributed by atoms with van der Waals surface area (Å²) in [5.41, 5.74) is 0.792. The van der Waals surface area contributed by atoms with E-state index >= 15 is 0 Å². The highest BCUT2D eigenvalue weighted by molar-refractivity contribution is 7.80. The number of nitrogens with one attached hydrogen (secondary N) is 1. The topological polar surface area (TPSA) is 113 Å². The van der Waals surface area contributed by atoms with Gasteiger partial charge in [-0.2, -0.15) is 13.5 Å². The Balaban J connectivity index is 1.90. The van der Waals surface area contributed by atoms with Crippen molar-refractivity contribution in [1.82, 2.24) is 10.4 Å². The molecule has 1 heterocycles. The van der Waals surface area contributed by atoms with Gasteiger partial charge in [0.15, 0.2) is 0 Å². The zero-order chi connectivity index (χ0) is 15.6. The molecule has 0 spiro atoms. The molecule has 0 bridgehead atoms. The smallest absolute Gasteiger partial charge is 0.342 e. The monoisotopic (exact) mass is 314 g/mol. The van der Waals surface area contributed by atoms with Gasteiger partial charge in [0.25, 0.3) is 5.91 Å². The Labute approximate surface area is 121 Å². The molecule has 2 N–H and O–H groups in total. The lowest BCUT2D eigenvalue weighted by atomic mass is 10.00. The maximum absolute atomic E-state index is 11.8. The zero-order valence-corrected chi connectivity index (χ0v) is 11.9. The number of benzene rings is 1. The molecule has 1 aromatic rings. The third-order valence-electron chi connectivity index (χ3n) is 3.03. The van der Waals surface area contributed by atoms with E-state index in [1.165, 1.54) is 6.92 Å². The number of rotatable bonds is 5. The Kier molecular flexibility index (Phi) is 4.26. The molecule has 1 aromatic carbocycles. The first kappa shape index (κ1) is 15.4. The van der Waals surface area contributed by atoms with Crippen LogP contribution < -0.4 is 5.32 Å². The van der Waals surface area contributed by atoms with Crippen LogP contribution in [0.1, 0.15) is 12.5 Å². The second-order valence-electron chi connectivity index (χ2n) is 4.61. The number of amides is 2. The first-order valence-electron chi connectivity index (χ1n) is 6.11. The lowest BCUT2D eigenvalue weighted by Gasteiger charge is -2.42. The van der Waals surface area contributed by atoms with Gasteiger partial charge in [-0.1, -0.05) is 30.3 Å². The first-order valence-corrected chi connectivity index (χ1v) is 7.48. The van der Waals surface area contributed by atoms with Crippen LogP contribution in [0.25, 0.3) is 0 Å². The minimum Gasteiger partial charge on any atom is -0.342 e. The molecule has 2 atom stereocenters. The van der Waals surface area contributed by atoms with E-state index in [1.54, 1.807) is 24.3 Å². The molecule has 1 aliphatic rings. The lowest BCUT2D eigenvalue weighted by molar-refractivity contribution is -0.196. The van der Waals surface area contributed by atoms with Crippen molar-refractivity contribution < 1.29 is 26.8 Å². The molecular formula is C12H14N2O6S. The van der Waals surface area contributed by atoms with Gasteiger partial charge in [-0.05, 0) is 12.5 Å². The maximum Gasteiger partial charge on any atom is 0.418 e. The number of nitrogens with zero attached hydrogens (tertiary/aromatic N) is 1. The van der Waals surface area contributed by atoms with Gasteiger partial charge in [0.2, 0.25) is 5.91 Å². The second-order valence-corrected chi connectivity index (χ2v) is 5.62. The summed E-state index contributed by atoms with van der Waals surface area (Å²) in [6.45, 7) is 1.49. The Hall–Kier alpha value is -1.97. The molecule has 114 valence electrons.